The highest BCUT2D eigenvalue weighted by Crippen LogP contribution is 2.32. The second-order valence-electron chi connectivity index (χ2n) is 4.04. The summed E-state index contributed by atoms with van der Waals surface area (Å²) in [6.45, 7) is 0. The molecule has 0 radical (unpaired) electrons. The van der Waals surface area contributed by atoms with Gasteiger partial charge in [-0.15, -0.1) is 0 Å². The zero-order valence-electron chi connectivity index (χ0n) is 9.45. The third-order valence-electron chi connectivity index (χ3n) is 2.63. The molecule has 6 atom stereocenters. The van der Waals surface area contributed by atoms with Crippen LogP contribution < -0.4 is 14.7 Å². The topological polar surface area (TPSA) is 169 Å². The minimum absolute atomic E-state index is 1.15. The molecule has 0 amide bonds. The Balaban J connectivity index is 2.75. The first-order valence-corrected chi connectivity index (χ1v) is 6.81. The summed E-state index contributed by atoms with van der Waals surface area (Å²) in [7, 11) is -3.86. The van der Waals surface area contributed by atoms with Gasteiger partial charge in [-0.1, -0.05) is 0 Å². The van der Waals surface area contributed by atoms with Gasteiger partial charge in [0, 0.05) is 7.11 Å². The molecule has 0 unspecified atom stereocenters. The Morgan fingerprint density at radius 2 is 1.72 bits per heavy atom. The average molecular weight is 286 g/mol. The Hall–Kier alpha value is 0.0700. The summed E-state index contributed by atoms with van der Waals surface area (Å²) < 4.78 is 9.56. The lowest BCUT2D eigenvalue weighted by molar-refractivity contribution is -0.429. The molecule has 9 nitrogen and oxygen atoms in total. The van der Waals surface area contributed by atoms with Crippen molar-refractivity contribution in [1.29, 1.82) is 0 Å². The molecule has 1 heterocycles. The predicted octanol–water partition coefficient (Wildman–Crippen LogP) is -5.36. The summed E-state index contributed by atoms with van der Waals surface area (Å²) in [5.41, 5.74) is 0. The Bertz CT molecular complexity index is 268. The van der Waals surface area contributed by atoms with Crippen molar-refractivity contribution >= 4 is 7.94 Å². The van der Waals surface area contributed by atoms with Crippen molar-refractivity contribution in [1.82, 2.24) is 0 Å². The van der Waals surface area contributed by atoms with Gasteiger partial charge in [-0.05, 0) is 0 Å². The molecule has 10 heteroatoms. The summed E-state index contributed by atoms with van der Waals surface area (Å²) in [5.74, 6) is 0. The van der Waals surface area contributed by atoms with Gasteiger partial charge < -0.3 is 44.6 Å². The Kier molecular flexibility index (Phi) is 5.39. The van der Waals surface area contributed by atoms with Crippen LogP contribution in [-0.4, -0.2) is 70.5 Å². The standard InChI is InChI=1S/C8H17O9P/c1-16-8-6(12)4(10)5(11)7(17-8)3(9)2-18(13,14)15/h3-12H,2H2,1H3,(H2,13,14,15)/p-2/t3-,4+,5+,6+,7-,8+/m1/s1. The third kappa shape index (κ3) is 3.78. The maximum absolute atomic E-state index is 10.5. The fraction of sp³-hybridized carbons (Fsp3) is 1.00. The lowest BCUT2D eigenvalue weighted by Gasteiger charge is -2.47. The highest BCUT2D eigenvalue weighted by molar-refractivity contribution is 7.54. The van der Waals surface area contributed by atoms with E-state index in [4.69, 9.17) is 4.74 Å². The summed E-state index contributed by atoms with van der Waals surface area (Å²) in [5, 5.41) is 37.9. The van der Waals surface area contributed by atoms with Crippen LogP contribution in [0.15, 0.2) is 0 Å². The monoisotopic (exact) mass is 286 g/mol. The van der Waals surface area contributed by atoms with Gasteiger partial charge in [-0.2, -0.15) is 7.94 Å². The predicted molar refractivity (Wildman–Crippen MR) is 51.5 cm³/mol. The van der Waals surface area contributed by atoms with Crippen molar-refractivity contribution in [2.24, 2.45) is 0 Å². The number of hydrogen-bond donors (Lipinski definition) is 4. The molecule has 0 aliphatic carbocycles. The van der Waals surface area contributed by atoms with E-state index >= 15 is 0 Å². The lowest BCUT2D eigenvalue weighted by atomic mass is 9.96. The Labute approximate surface area is 103 Å². The largest absolute Gasteiger partial charge is 0.688 e. The first kappa shape index (κ1) is 16.1. The van der Waals surface area contributed by atoms with E-state index in [0.717, 1.165) is 7.11 Å². The third-order valence-corrected chi connectivity index (χ3v) is 3.45. The van der Waals surface area contributed by atoms with E-state index in [1.165, 1.54) is 0 Å². The number of methoxy groups -OCH3 is 1. The number of aliphatic hydroxyl groups is 4. The van der Waals surface area contributed by atoms with Crippen molar-refractivity contribution in [3.05, 3.63) is 0 Å². The summed E-state index contributed by atoms with van der Waals surface area (Å²) >= 11 is 0. The van der Waals surface area contributed by atoms with Gasteiger partial charge in [0.25, 0.3) is 0 Å². The smallest absolute Gasteiger partial charge is 0.186 e. The second-order valence-corrected chi connectivity index (χ2v) is 5.62. The average Bonchev–Trinajstić information content (AvgIpc) is 2.24. The summed E-state index contributed by atoms with van der Waals surface area (Å²) in [4.78, 5) is 31.6. The van der Waals surface area contributed by atoms with E-state index in [-0.39, 0.29) is 0 Å². The number of aliphatic hydroxyl groups excluding tert-OH is 4. The fourth-order valence-corrected chi connectivity index (χ4v) is 2.39. The van der Waals surface area contributed by atoms with Crippen molar-refractivity contribution in [2.75, 3.05) is 13.3 Å². The Morgan fingerprint density at radius 3 is 2.17 bits per heavy atom. The number of hydrogen-bond acceptors (Lipinski definition) is 9. The van der Waals surface area contributed by atoms with Crippen molar-refractivity contribution in [3.63, 3.8) is 0 Å². The second kappa shape index (κ2) is 6.02. The molecule has 0 spiro atoms. The van der Waals surface area contributed by atoms with E-state index in [0.29, 0.717) is 0 Å². The van der Waals surface area contributed by atoms with E-state index < -0.39 is 50.9 Å². The first-order chi connectivity index (χ1) is 8.17. The maximum Gasteiger partial charge on any atom is 0.186 e. The molecule has 1 aliphatic heterocycles. The molecule has 0 aromatic carbocycles. The zero-order valence-corrected chi connectivity index (χ0v) is 10.3. The molecule has 1 rings (SSSR count). The minimum Gasteiger partial charge on any atom is -0.688 e. The highest BCUT2D eigenvalue weighted by Gasteiger charge is 2.47. The lowest BCUT2D eigenvalue weighted by Crippen LogP contribution is -2.62. The quantitative estimate of drug-likeness (QED) is 0.368. The summed E-state index contributed by atoms with van der Waals surface area (Å²) in [6, 6.07) is 0. The number of rotatable bonds is 4. The molecule has 0 aromatic rings. The van der Waals surface area contributed by atoms with Gasteiger partial charge >= 0.3 is 0 Å². The molecule has 1 fully saturated rings. The van der Waals surface area contributed by atoms with Gasteiger partial charge in [0.15, 0.2) is 6.29 Å². The molecular weight excluding hydrogens is 271 g/mol. The van der Waals surface area contributed by atoms with Crippen LogP contribution in [0.1, 0.15) is 0 Å². The molecule has 4 N–H and O–H groups in total. The van der Waals surface area contributed by atoms with Gasteiger partial charge in [-0.25, -0.2) is 0 Å². The van der Waals surface area contributed by atoms with E-state index in [1.807, 2.05) is 0 Å². The molecule has 1 saturated heterocycles. The maximum atomic E-state index is 10.5. The summed E-state index contributed by atoms with van der Waals surface area (Å²) in [6.07, 6.45) is -10.9. The number of ether oxygens (including phenoxy) is 2. The molecule has 1 aliphatic rings. The van der Waals surface area contributed by atoms with Crippen molar-refractivity contribution < 1.29 is 44.6 Å². The molecule has 108 valence electrons. The van der Waals surface area contributed by atoms with Crippen LogP contribution in [0.2, 0.25) is 0 Å². The normalized spacial score (nSPS) is 39.7. The van der Waals surface area contributed by atoms with Crippen LogP contribution in [0.4, 0.5) is 0 Å². The molecule has 0 bridgehead atoms. The SMILES string of the molecule is CO[C@H]1O[C@H]([C@H](O)C[P+]([O-])([O-])[O-])[C@@H](O)[C@H](O)[C@@H]1O. The Morgan fingerprint density at radius 1 is 1.17 bits per heavy atom. The van der Waals surface area contributed by atoms with E-state index in [9.17, 15) is 35.1 Å². The van der Waals surface area contributed by atoms with Gasteiger partial charge in [-0.3, -0.25) is 0 Å². The van der Waals surface area contributed by atoms with Crippen LogP contribution in [-0.2, 0) is 9.47 Å². The van der Waals surface area contributed by atoms with Gasteiger partial charge in [0.1, 0.15) is 30.5 Å². The fourth-order valence-electron chi connectivity index (χ4n) is 1.72. The van der Waals surface area contributed by atoms with Gasteiger partial charge in [0.05, 0.1) is 6.16 Å². The van der Waals surface area contributed by atoms with Gasteiger partial charge in [0.2, 0.25) is 0 Å². The van der Waals surface area contributed by atoms with Crippen LogP contribution in [0.5, 0.6) is 0 Å². The van der Waals surface area contributed by atoms with Crippen LogP contribution >= 0.6 is 7.94 Å². The zero-order chi connectivity index (χ0) is 14.1. The van der Waals surface area contributed by atoms with E-state index in [2.05, 4.69) is 4.74 Å². The van der Waals surface area contributed by atoms with Crippen LogP contribution in [0.25, 0.3) is 0 Å². The highest BCUT2D eigenvalue weighted by atomic mass is 31.2. The van der Waals surface area contributed by atoms with E-state index in [1.54, 1.807) is 0 Å². The molecule has 0 aromatic heterocycles. The van der Waals surface area contributed by atoms with Crippen LogP contribution in [0.3, 0.4) is 0 Å². The van der Waals surface area contributed by atoms with Crippen molar-refractivity contribution in [3.8, 4) is 0 Å². The minimum atomic E-state index is -5.00. The molecular formula is C8H15O9P-2. The van der Waals surface area contributed by atoms with Crippen LogP contribution in [0, 0.1) is 0 Å². The molecule has 18 heavy (non-hydrogen) atoms. The molecule has 0 saturated carbocycles. The first-order valence-electron chi connectivity index (χ1n) is 5.09. The van der Waals surface area contributed by atoms with Crippen molar-refractivity contribution in [2.45, 2.75) is 36.8 Å².